The number of pyridine rings is 1. The number of fused-ring (bicyclic) bond motifs is 1. The zero-order valence-electron chi connectivity index (χ0n) is 15.3. The number of amides is 2. The highest BCUT2D eigenvalue weighted by Crippen LogP contribution is 2.28. The quantitative estimate of drug-likeness (QED) is 0.726. The number of methoxy groups -OCH3 is 1. The maximum absolute atomic E-state index is 12.5. The molecule has 27 heavy (non-hydrogen) atoms. The van der Waals surface area contributed by atoms with Gasteiger partial charge in [0.1, 0.15) is 5.75 Å². The Morgan fingerprint density at radius 2 is 1.85 bits per heavy atom. The first-order chi connectivity index (χ1) is 13.1. The highest BCUT2D eigenvalue weighted by Gasteiger charge is 2.17. The molecule has 3 aromatic rings. The molecule has 2 amide bonds. The van der Waals surface area contributed by atoms with Gasteiger partial charge in [-0.2, -0.15) is 0 Å². The van der Waals surface area contributed by atoms with Crippen LogP contribution in [0, 0.1) is 0 Å². The van der Waals surface area contributed by atoms with Crippen LogP contribution in [0.2, 0.25) is 0 Å². The van der Waals surface area contributed by atoms with Gasteiger partial charge in [0.05, 0.1) is 24.0 Å². The number of carbonyl (C=O) groups is 2. The van der Waals surface area contributed by atoms with E-state index < -0.39 is 0 Å². The summed E-state index contributed by atoms with van der Waals surface area (Å²) in [6, 6.07) is 16.7. The summed E-state index contributed by atoms with van der Waals surface area (Å²) in [5.74, 6) is 0.250. The number of aromatic nitrogens is 1. The number of carbonyl (C=O) groups excluding carboxylic acids is 2. The minimum Gasteiger partial charge on any atom is -0.495 e. The number of rotatable bonds is 6. The number of anilines is 2. The second-order valence-corrected chi connectivity index (χ2v) is 6.02. The Kier molecular flexibility index (Phi) is 5.66. The molecule has 138 valence electrons. The van der Waals surface area contributed by atoms with Gasteiger partial charge in [-0.3, -0.25) is 14.6 Å². The summed E-state index contributed by atoms with van der Waals surface area (Å²) >= 11 is 0. The fraction of sp³-hybridized carbons (Fsp3) is 0.190. The van der Waals surface area contributed by atoms with Gasteiger partial charge in [0.15, 0.2) is 0 Å². The molecule has 0 saturated carbocycles. The lowest BCUT2D eigenvalue weighted by Gasteiger charge is -2.23. The van der Waals surface area contributed by atoms with Crippen LogP contribution in [0.15, 0.2) is 60.8 Å². The summed E-state index contributed by atoms with van der Waals surface area (Å²) in [5, 5.41) is 3.84. The molecule has 0 saturated heterocycles. The average Bonchev–Trinajstić information content (AvgIpc) is 2.68. The molecule has 0 radical (unpaired) electrons. The number of hydrogen-bond donors (Lipinski definition) is 1. The lowest BCUT2D eigenvalue weighted by atomic mass is 10.2. The molecular weight excluding hydrogens is 342 g/mol. The van der Waals surface area contributed by atoms with Crippen molar-refractivity contribution in [2.24, 2.45) is 0 Å². The molecule has 1 heterocycles. The summed E-state index contributed by atoms with van der Waals surface area (Å²) in [6.45, 7) is 1.72. The van der Waals surface area contributed by atoms with Crippen molar-refractivity contribution in [3.8, 4) is 5.75 Å². The Bertz CT molecular complexity index is 966. The Morgan fingerprint density at radius 3 is 2.63 bits per heavy atom. The predicted molar refractivity (Wildman–Crippen MR) is 106 cm³/mol. The molecule has 0 unspecified atom stereocenters. The van der Waals surface area contributed by atoms with Crippen LogP contribution in [0.25, 0.3) is 10.9 Å². The Labute approximate surface area is 157 Å². The highest BCUT2D eigenvalue weighted by molar-refractivity contribution is 6.01. The van der Waals surface area contributed by atoms with Crippen LogP contribution in [0.4, 0.5) is 11.4 Å². The Hall–Kier alpha value is -3.41. The van der Waals surface area contributed by atoms with Gasteiger partial charge in [0, 0.05) is 31.5 Å². The van der Waals surface area contributed by atoms with E-state index >= 15 is 0 Å². The fourth-order valence-electron chi connectivity index (χ4n) is 2.93. The Balaban J connectivity index is 1.72. The largest absolute Gasteiger partial charge is 0.495 e. The first-order valence-corrected chi connectivity index (χ1v) is 8.65. The van der Waals surface area contributed by atoms with Crippen LogP contribution in [-0.2, 0) is 9.59 Å². The Morgan fingerprint density at radius 1 is 1.07 bits per heavy atom. The summed E-state index contributed by atoms with van der Waals surface area (Å²) < 4.78 is 5.32. The third-order valence-corrected chi connectivity index (χ3v) is 4.23. The van der Waals surface area contributed by atoms with Gasteiger partial charge >= 0.3 is 0 Å². The lowest BCUT2D eigenvalue weighted by molar-refractivity contribution is -0.117. The second kappa shape index (κ2) is 8.31. The van der Waals surface area contributed by atoms with Crippen molar-refractivity contribution >= 4 is 34.1 Å². The number of ether oxygens (including phenoxy) is 1. The van der Waals surface area contributed by atoms with E-state index in [0.29, 0.717) is 17.1 Å². The summed E-state index contributed by atoms with van der Waals surface area (Å²) in [6.07, 6.45) is 1.85. The zero-order valence-corrected chi connectivity index (χ0v) is 15.3. The summed E-state index contributed by atoms with van der Waals surface area (Å²) in [7, 11) is 1.55. The molecule has 0 spiro atoms. The molecule has 0 fully saturated rings. The predicted octanol–water partition coefficient (Wildman–Crippen LogP) is 3.63. The molecule has 6 heteroatoms. The molecule has 0 aliphatic carbocycles. The van der Waals surface area contributed by atoms with Gasteiger partial charge in [-0.1, -0.05) is 30.3 Å². The number of nitrogens with zero attached hydrogens (tertiary/aromatic N) is 2. The van der Waals surface area contributed by atoms with Gasteiger partial charge in [0.2, 0.25) is 11.8 Å². The molecule has 0 atom stereocenters. The van der Waals surface area contributed by atoms with E-state index in [1.807, 2.05) is 42.5 Å². The normalized spacial score (nSPS) is 10.4. The van der Waals surface area contributed by atoms with Crippen molar-refractivity contribution in [3.63, 3.8) is 0 Å². The third-order valence-electron chi connectivity index (χ3n) is 4.23. The molecular formula is C21H21N3O3. The van der Waals surface area contributed by atoms with Crippen LogP contribution in [0.5, 0.6) is 5.75 Å². The highest BCUT2D eigenvalue weighted by atomic mass is 16.5. The molecule has 1 aromatic heterocycles. The maximum atomic E-state index is 12.5. The number of nitrogens with one attached hydrogen (secondary N) is 1. The van der Waals surface area contributed by atoms with Crippen molar-refractivity contribution in [1.82, 2.24) is 4.98 Å². The second-order valence-electron chi connectivity index (χ2n) is 6.02. The molecule has 0 aliphatic rings. The van der Waals surface area contributed by atoms with E-state index in [4.69, 9.17) is 4.74 Å². The SMILES string of the molecule is COc1ccccc1N(CCC(=O)Nc1cccc2cccnc12)C(C)=O. The van der Waals surface area contributed by atoms with Crippen LogP contribution in [-0.4, -0.2) is 30.5 Å². The van der Waals surface area contributed by atoms with E-state index in [9.17, 15) is 9.59 Å². The van der Waals surface area contributed by atoms with Crippen molar-refractivity contribution in [1.29, 1.82) is 0 Å². The first kappa shape index (κ1) is 18.4. The van der Waals surface area contributed by atoms with Crippen LogP contribution >= 0.6 is 0 Å². The smallest absolute Gasteiger partial charge is 0.226 e. The molecule has 6 nitrogen and oxygen atoms in total. The van der Waals surface area contributed by atoms with Gasteiger partial charge in [-0.15, -0.1) is 0 Å². The van der Waals surface area contributed by atoms with Crippen LogP contribution in [0.1, 0.15) is 13.3 Å². The topological polar surface area (TPSA) is 71.5 Å². The maximum Gasteiger partial charge on any atom is 0.226 e. The van der Waals surface area contributed by atoms with Gasteiger partial charge in [-0.25, -0.2) is 0 Å². The van der Waals surface area contributed by atoms with Crippen molar-refractivity contribution < 1.29 is 14.3 Å². The molecule has 0 aliphatic heterocycles. The van der Waals surface area contributed by atoms with Crippen LogP contribution < -0.4 is 15.0 Å². The molecule has 3 rings (SSSR count). The number of hydrogen-bond acceptors (Lipinski definition) is 4. The van der Waals surface area contributed by atoms with Gasteiger partial charge in [0.25, 0.3) is 0 Å². The summed E-state index contributed by atoms with van der Waals surface area (Å²) in [4.78, 5) is 30.4. The van der Waals surface area contributed by atoms with E-state index in [1.165, 1.54) is 6.92 Å². The molecule has 1 N–H and O–H groups in total. The fourth-order valence-corrected chi connectivity index (χ4v) is 2.93. The first-order valence-electron chi connectivity index (χ1n) is 8.65. The third kappa shape index (κ3) is 4.23. The van der Waals surface area contributed by atoms with E-state index in [0.717, 1.165) is 10.9 Å². The monoisotopic (exact) mass is 363 g/mol. The molecule has 2 aromatic carbocycles. The van der Waals surface area contributed by atoms with E-state index in [1.54, 1.807) is 30.3 Å². The number of benzene rings is 2. The zero-order chi connectivity index (χ0) is 19.2. The lowest BCUT2D eigenvalue weighted by Crippen LogP contribution is -2.32. The molecule has 0 bridgehead atoms. The van der Waals surface area contributed by atoms with Gasteiger partial charge in [-0.05, 0) is 24.3 Å². The van der Waals surface area contributed by atoms with Crippen molar-refractivity contribution in [2.75, 3.05) is 23.9 Å². The van der Waals surface area contributed by atoms with E-state index in [2.05, 4.69) is 10.3 Å². The minimum absolute atomic E-state index is 0.154. The summed E-state index contributed by atoms with van der Waals surface area (Å²) in [5.41, 5.74) is 2.04. The minimum atomic E-state index is -0.186. The van der Waals surface area contributed by atoms with Crippen molar-refractivity contribution in [3.05, 3.63) is 60.8 Å². The average molecular weight is 363 g/mol. The standard InChI is InChI=1S/C21H21N3O3/c1-15(25)24(18-10-3-4-11-19(18)27-2)14-12-20(26)23-17-9-5-7-16-8-6-13-22-21(16)17/h3-11,13H,12,14H2,1-2H3,(H,23,26). The number of para-hydroxylation sites is 3. The van der Waals surface area contributed by atoms with Crippen LogP contribution in [0.3, 0.4) is 0 Å². The van der Waals surface area contributed by atoms with Gasteiger partial charge < -0.3 is 15.0 Å². The van der Waals surface area contributed by atoms with Crippen molar-refractivity contribution in [2.45, 2.75) is 13.3 Å². The van der Waals surface area contributed by atoms with E-state index in [-0.39, 0.29) is 24.8 Å².